The van der Waals surface area contributed by atoms with E-state index in [1.807, 2.05) is 0 Å². The summed E-state index contributed by atoms with van der Waals surface area (Å²) in [6, 6.07) is 6.40. The lowest BCUT2D eigenvalue weighted by Gasteiger charge is -2.16. The van der Waals surface area contributed by atoms with Gasteiger partial charge in [0.05, 0.1) is 0 Å². The SMILES string of the molecule is CNC(=O)N(C)CCc1ccc(C)c(C)c1. The zero-order valence-electron chi connectivity index (χ0n) is 10.5. The summed E-state index contributed by atoms with van der Waals surface area (Å²) in [6.07, 6.45) is 0.894. The molecule has 0 saturated carbocycles. The summed E-state index contributed by atoms with van der Waals surface area (Å²) in [4.78, 5) is 13.0. The van der Waals surface area contributed by atoms with Gasteiger partial charge in [-0.05, 0) is 37.0 Å². The molecule has 16 heavy (non-hydrogen) atoms. The van der Waals surface area contributed by atoms with Gasteiger partial charge in [0.25, 0.3) is 0 Å². The van der Waals surface area contributed by atoms with Crippen molar-refractivity contribution >= 4 is 6.03 Å². The molecule has 0 fully saturated rings. The molecule has 0 aliphatic carbocycles. The van der Waals surface area contributed by atoms with Gasteiger partial charge in [0.15, 0.2) is 0 Å². The molecule has 1 aromatic carbocycles. The lowest BCUT2D eigenvalue weighted by molar-refractivity contribution is 0.211. The summed E-state index contributed by atoms with van der Waals surface area (Å²) in [5, 5.41) is 2.61. The Morgan fingerprint density at radius 1 is 1.31 bits per heavy atom. The van der Waals surface area contributed by atoms with Gasteiger partial charge in [-0.1, -0.05) is 18.2 Å². The van der Waals surface area contributed by atoms with Crippen LogP contribution in [-0.4, -0.2) is 31.6 Å². The van der Waals surface area contributed by atoms with Gasteiger partial charge < -0.3 is 10.2 Å². The first-order valence-corrected chi connectivity index (χ1v) is 5.53. The summed E-state index contributed by atoms with van der Waals surface area (Å²) in [7, 11) is 3.45. The highest BCUT2D eigenvalue weighted by Crippen LogP contribution is 2.10. The third-order valence-corrected chi connectivity index (χ3v) is 2.87. The lowest BCUT2D eigenvalue weighted by Crippen LogP contribution is -2.36. The van der Waals surface area contributed by atoms with Crippen molar-refractivity contribution in [2.24, 2.45) is 0 Å². The van der Waals surface area contributed by atoms with Crippen LogP contribution in [0.25, 0.3) is 0 Å². The average Bonchev–Trinajstić information content (AvgIpc) is 2.29. The van der Waals surface area contributed by atoms with Crippen molar-refractivity contribution < 1.29 is 4.79 Å². The van der Waals surface area contributed by atoms with Gasteiger partial charge in [0.2, 0.25) is 0 Å². The van der Waals surface area contributed by atoms with E-state index in [1.165, 1.54) is 16.7 Å². The van der Waals surface area contributed by atoms with E-state index in [1.54, 1.807) is 19.0 Å². The van der Waals surface area contributed by atoms with Crippen molar-refractivity contribution in [1.82, 2.24) is 10.2 Å². The molecule has 1 aromatic rings. The lowest BCUT2D eigenvalue weighted by atomic mass is 10.0. The molecule has 0 atom stereocenters. The van der Waals surface area contributed by atoms with Gasteiger partial charge in [-0.3, -0.25) is 0 Å². The number of carbonyl (C=O) groups is 1. The number of rotatable bonds is 3. The van der Waals surface area contributed by atoms with Crippen molar-refractivity contribution in [3.8, 4) is 0 Å². The Labute approximate surface area is 97.5 Å². The zero-order valence-corrected chi connectivity index (χ0v) is 10.5. The third kappa shape index (κ3) is 3.26. The number of likely N-dealkylation sites (N-methyl/N-ethyl adjacent to an activating group) is 1. The molecule has 0 saturated heterocycles. The standard InChI is InChI=1S/C13H20N2O/c1-10-5-6-12(9-11(10)2)7-8-15(4)13(16)14-3/h5-6,9H,7-8H2,1-4H3,(H,14,16). The number of amides is 2. The van der Waals surface area contributed by atoms with E-state index < -0.39 is 0 Å². The predicted octanol–water partition coefficient (Wildman–Crippen LogP) is 2.12. The number of benzene rings is 1. The van der Waals surface area contributed by atoms with Gasteiger partial charge >= 0.3 is 6.03 Å². The number of nitrogens with zero attached hydrogens (tertiary/aromatic N) is 1. The minimum Gasteiger partial charge on any atom is -0.341 e. The van der Waals surface area contributed by atoms with Crippen LogP contribution in [0.15, 0.2) is 18.2 Å². The molecule has 0 radical (unpaired) electrons. The fourth-order valence-electron chi connectivity index (χ4n) is 1.55. The van der Waals surface area contributed by atoms with Crippen LogP contribution in [0.2, 0.25) is 0 Å². The fraction of sp³-hybridized carbons (Fsp3) is 0.462. The van der Waals surface area contributed by atoms with E-state index >= 15 is 0 Å². The van der Waals surface area contributed by atoms with Gasteiger partial charge in [0, 0.05) is 20.6 Å². The Morgan fingerprint density at radius 2 is 2.00 bits per heavy atom. The fourth-order valence-corrected chi connectivity index (χ4v) is 1.55. The predicted molar refractivity (Wildman–Crippen MR) is 66.7 cm³/mol. The Kier molecular flexibility index (Phi) is 4.35. The first-order valence-electron chi connectivity index (χ1n) is 5.53. The molecule has 1 N–H and O–H groups in total. The van der Waals surface area contributed by atoms with Crippen LogP contribution in [0.1, 0.15) is 16.7 Å². The molecule has 0 heterocycles. The zero-order chi connectivity index (χ0) is 12.1. The van der Waals surface area contributed by atoms with Gasteiger partial charge in [-0.25, -0.2) is 4.79 Å². The van der Waals surface area contributed by atoms with Gasteiger partial charge in [-0.15, -0.1) is 0 Å². The van der Waals surface area contributed by atoms with E-state index in [0.717, 1.165) is 13.0 Å². The largest absolute Gasteiger partial charge is 0.341 e. The maximum Gasteiger partial charge on any atom is 0.316 e. The number of hydrogen-bond donors (Lipinski definition) is 1. The molecule has 0 aliphatic heterocycles. The molecular formula is C13H20N2O. The monoisotopic (exact) mass is 220 g/mol. The van der Waals surface area contributed by atoms with Crippen LogP contribution in [0.5, 0.6) is 0 Å². The van der Waals surface area contributed by atoms with Crippen LogP contribution < -0.4 is 5.32 Å². The van der Waals surface area contributed by atoms with Crippen molar-refractivity contribution in [3.63, 3.8) is 0 Å². The number of carbonyl (C=O) groups excluding carboxylic acids is 1. The van der Waals surface area contributed by atoms with E-state index in [4.69, 9.17) is 0 Å². The number of nitrogens with one attached hydrogen (secondary N) is 1. The molecule has 0 aliphatic rings. The normalized spacial score (nSPS) is 10.0. The minimum atomic E-state index is -0.0381. The van der Waals surface area contributed by atoms with E-state index in [2.05, 4.69) is 37.4 Å². The number of hydrogen-bond acceptors (Lipinski definition) is 1. The maximum absolute atomic E-state index is 11.3. The first kappa shape index (κ1) is 12.6. The van der Waals surface area contributed by atoms with Crippen LogP contribution >= 0.6 is 0 Å². The molecule has 0 unspecified atom stereocenters. The second-order valence-corrected chi connectivity index (χ2v) is 4.15. The molecule has 0 bridgehead atoms. The van der Waals surface area contributed by atoms with Crippen LogP contribution in [-0.2, 0) is 6.42 Å². The smallest absolute Gasteiger partial charge is 0.316 e. The summed E-state index contributed by atoms with van der Waals surface area (Å²) in [5.41, 5.74) is 3.89. The molecule has 0 spiro atoms. The second kappa shape index (κ2) is 5.54. The van der Waals surface area contributed by atoms with Gasteiger partial charge in [-0.2, -0.15) is 0 Å². The Morgan fingerprint density at radius 3 is 2.56 bits per heavy atom. The second-order valence-electron chi connectivity index (χ2n) is 4.15. The summed E-state index contributed by atoms with van der Waals surface area (Å²) in [5.74, 6) is 0. The highest BCUT2D eigenvalue weighted by Gasteiger charge is 2.05. The molecule has 3 nitrogen and oxygen atoms in total. The summed E-state index contributed by atoms with van der Waals surface area (Å²) in [6.45, 7) is 4.96. The quantitative estimate of drug-likeness (QED) is 0.831. The summed E-state index contributed by atoms with van der Waals surface area (Å²) < 4.78 is 0. The molecule has 1 rings (SSSR count). The van der Waals surface area contributed by atoms with Crippen LogP contribution in [0.3, 0.4) is 0 Å². The van der Waals surface area contributed by atoms with Crippen LogP contribution in [0.4, 0.5) is 4.79 Å². The van der Waals surface area contributed by atoms with E-state index in [-0.39, 0.29) is 6.03 Å². The van der Waals surface area contributed by atoms with Gasteiger partial charge in [0.1, 0.15) is 0 Å². The number of urea groups is 1. The molecule has 3 heteroatoms. The Bertz CT molecular complexity index is 374. The first-order chi connectivity index (χ1) is 7.54. The average molecular weight is 220 g/mol. The van der Waals surface area contributed by atoms with Crippen LogP contribution in [0, 0.1) is 13.8 Å². The molecule has 0 aromatic heterocycles. The topological polar surface area (TPSA) is 32.3 Å². The highest BCUT2D eigenvalue weighted by molar-refractivity contribution is 5.73. The van der Waals surface area contributed by atoms with Crippen molar-refractivity contribution in [3.05, 3.63) is 34.9 Å². The van der Waals surface area contributed by atoms with E-state index in [0.29, 0.717) is 0 Å². The maximum atomic E-state index is 11.3. The molecular weight excluding hydrogens is 200 g/mol. The highest BCUT2D eigenvalue weighted by atomic mass is 16.2. The Balaban J connectivity index is 2.55. The van der Waals surface area contributed by atoms with Crippen molar-refractivity contribution in [1.29, 1.82) is 0 Å². The molecule has 2 amide bonds. The third-order valence-electron chi connectivity index (χ3n) is 2.87. The van der Waals surface area contributed by atoms with E-state index in [9.17, 15) is 4.79 Å². The minimum absolute atomic E-state index is 0.0381. The Hall–Kier alpha value is -1.51. The molecule has 88 valence electrons. The van der Waals surface area contributed by atoms with Crippen molar-refractivity contribution in [2.45, 2.75) is 20.3 Å². The van der Waals surface area contributed by atoms with Crippen molar-refractivity contribution in [2.75, 3.05) is 20.6 Å². The summed E-state index contributed by atoms with van der Waals surface area (Å²) >= 11 is 0. The number of aryl methyl sites for hydroxylation is 2.